The lowest BCUT2D eigenvalue weighted by molar-refractivity contribution is 0.670. The summed E-state index contributed by atoms with van der Waals surface area (Å²) < 4.78 is 122. The maximum atomic E-state index is 9.33. The van der Waals surface area contributed by atoms with Crippen LogP contribution in [0.4, 0.5) is 0 Å². The summed E-state index contributed by atoms with van der Waals surface area (Å²) in [5.74, 6) is 0. The van der Waals surface area contributed by atoms with Gasteiger partial charge < -0.3 is 4.42 Å². The first-order valence-electron chi connectivity index (χ1n) is 20.2. The summed E-state index contributed by atoms with van der Waals surface area (Å²) >= 11 is 0. The molecule has 0 aliphatic heterocycles. The molecule has 0 fully saturated rings. The predicted octanol–water partition coefficient (Wildman–Crippen LogP) is 12.0. The second kappa shape index (κ2) is 9.44. The van der Waals surface area contributed by atoms with Gasteiger partial charge in [-0.2, -0.15) is 0 Å². The van der Waals surface area contributed by atoms with Crippen molar-refractivity contribution in [1.29, 1.82) is 0 Å². The Bertz CT molecular complexity index is 3130. The zero-order valence-electron chi connectivity index (χ0n) is 35.4. The normalized spacial score (nSPS) is 16.0. The smallest absolute Gasteiger partial charge is 0.143 e. The van der Waals surface area contributed by atoms with Crippen LogP contribution in [-0.2, 0) is 0 Å². The largest absolute Gasteiger partial charge is 0.455 e. The standard InChI is InChI=1S/C42H26O/c1-2-13-27(14-3-1)40-32-18-6-8-20-34(32)41(35-21-9-7-19-33(35)40)36-26-25-30(28-15-4-5-16-29(28)36)37-22-12-23-38-31-17-10-11-24-39(31)43-42(37)38/h1-26H/i1D,2D,3D,6D,7D,8D,9D,13D,14D,18D,19D,20D,21D. The minimum atomic E-state index is -0.714. The first-order valence-corrected chi connectivity index (χ1v) is 13.7. The molecule has 0 amide bonds. The molecule has 8 aromatic carbocycles. The first kappa shape index (κ1) is 14.5. The Morgan fingerprint density at radius 1 is 0.372 bits per heavy atom. The molecule has 1 heteroatoms. The maximum Gasteiger partial charge on any atom is 0.143 e. The van der Waals surface area contributed by atoms with E-state index in [2.05, 4.69) is 0 Å². The molecule has 0 bridgehead atoms. The van der Waals surface area contributed by atoms with Gasteiger partial charge in [-0.05, 0) is 66.2 Å². The number of hydrogen-bond acceptors (Lipinski definition) is 1. The quantitative estimate of drug-likeness (QED) is 0.196. The van der Waals surface area contributed by atoms with E-state index in [0.29, 0.717) is 16.5 Å². The van der Waals surface area contributed by atoms with Crippen molar-refractivity contribution in [3.63, 3.8) is 0 Å². The lowest BCUT2D eigenvalue weighted by Gasteiger charge is -2.19. The van der Waals surface area contributed by atoms with Gasteiger partial charge in [0.15, 0.2) is 0 Å². The van der Waals surface area contributed by atoms with Crippen molar-refractivity contribution < 1.29 is 22.2 Å². The molecule has 1 heterocycles. The third kappa shape index (κ3) is 3.58. The fraction of sp³-hybridized carbons (Fsp3) is 0. The van der Waals surface area contributed by atoms with Gasteiger partial charge in [-0.3, -0.25) is 0 Å². The summed E-state index contributed by atoms with van der Waals surface area (Å²) in [4.78, 5) is 0. The molecule has 0 N–H and O–H groups in total. The molecule has 0 saturated heterocycles. The van der Waals surface area contributed by atoms with Crippen molar-refractivity contribution in [1.82, 2.24) is 0 Å². The molecule has 200 valence electrons. The van der Waals surface area contributed by atoms with E-state index >= 15 is 0 Å². The van der Waals surface area contributed by atoms with Crippen LogP contribution in [0.2, 0.25) is 0 Å². The van der Waals surface area contributed by atoms with Gasteiger partial charge in [0, 0.05) is 16.3 Å². The highest BCUT2D eigenvalue weighted by Crippen LogP contribution is 2.47. The van der Waals surface area contributed by atoms with Crippen LogP contribution in [0.5, 0.6) is 0 Å². The molecule has 0 aliphatic carbocycles. The topological polar surface area (TPSA) is 13.1 Å². The Labute approximate surface area is 267 Å². The van der Waals surface area contributed by atoms with Crippen LogP contribution in [0.15, 0.2) is 162 Å². The zero-order chi connectivity index (χ0) is 39.6. The molecule has 0 saturated carbocycles. The molecule has 1 aromatic heterocycles. The number of para-hydroxylation sites is 2. The Hall–Kier alpha value is -5.66. The summed E-state index contributed by atoms with van der Waals surface area (Å²) in [7, 11) is 0. The van der Waals surface area contributed by atoms with Crippen molar-refractivity contribution >= 4 is 54.3 Å². The third-order valence-corrected chi connectivity index (χ3v) is 8.01. The minimum absolute atomic E-state index is 0.0785. The second-order valence-corrected chi connectivity index (χ2v) is 10.2. The van der Waals surface area contributed by atoms with E-state index in [1.54, 1.807) is 12.1 Å². The molecule has 43 heavy (non-hydrogen) atoms. The molecular formula is C42H26O. The van der Waals surface area contributed by atoms with Crippen LogP contribution >= 0.6 is 0 Å². The van der Waals surface area contributed by atoms with Gasteiger partial charge in [0.05, 0.1) is 17.8 Å². The van der Waals surface area contributed by atoms with E-state index < -0.39 is 84.1 Å². The Morgan fingerprint density at radius 3 is 1.60 bits per heavy atom. The van der Waals surface area contributed by atoms with Gasteiger partial charge in [0.25, 0.3) is 0 Å². The average molecular weight is 560 g/mol. The van der Waals surface area contributed by atoms with Gasteiger partial charge in [-0.25, -0.2) is 0 Å². The maximum absolute atomic E-state index is 9.33. The van der Waals surface area contributed by atoms with E-state index in [0.717, 1.165) is 32.9 Å². The fourth-order valence-corrected chi connectivity index (χ4v) is 6.23. The van der Waals surface area contributed by atoms with Crippen molar-refractivity contribution in [2.75, 3.05) is 0 Å². The van der Waals surface area contributed by atoms with E-state index in [-0.39, 0.29) is 32.7 Å². The summed E-state index contributed by atoms with van der Waals surface area (Å²) in [5, 5.41) is 2.42. The van der Waals surface area contributed by atoms with Gasteiger partial charge in [0.1, 0.15) is 11.2 Å². The van der Waals surface area contributed by atoms with Crippen molar-refractivity contribution in [3.8, 4) is 33.4 Å². The minimum Gasteiger partial charge on any atom is -0.455 e. The highest BCUT2D eigenvalue weighted by atomic mass is 16.3. The Balaban J connectivity index is 1.52. The number of benzene rings is 8. The fourth-order valence-electron chi connectivity index (χ4n) is 6.23. The van der Waals surface area contributed by atoms with Crippen LogP contribution < -0.4 is 0 Å². The predicted molar refractivity (Wildman–Crippen MR) is 183 cm³/mol. The highest BCUT2D eigenvalue weighted by molar-refractivity contribution is 6.24. The van der Waals surface area contributed by atoms with Crippen molar-refractivity contribution in [2.45, 2.75) is 0 Å². The summed E-state index contributed by atoms with van der Waals surface area (Å²) in [6.45, 7) is 0. The number of furan rings is 1. The molecular weight excluding hydrogens is 520 g/mol. The number of hydrogen-bond donors (Lipinski definition) is 0. The summed E-state index contributed by atoms with van der Waals surface area (Å²) in [6.07, 6.45) is 0. The Morgan fingerprint density at radius 2 is 0.907 bits per heavy atom. The lowest BCUT2D eigenvalue weighted by atomic mass is 9.84. The monoisotopic (exact) mass is 559 g/mol. The van der Waals surface area contributed by atoms with Crippen molar-refractivity contribution in [2.24, 2.45) is 0 Å². The van der Waals surface area contributed by atoms with E-state index in [9.17, 15) is 5.48 Å². The molecule has 0 radical (unpaired) electrons. The van der Waals surface area contributed by atoms with Gasteiger partial charge in [-0.15, -0.1) is 0 Å². The summed E-state index contributed by atoms with van der Waals surface area (Å²) in [6, 6.07) is 16.2. The highest BCUT2D eigenvalue weighted by Gasteiger charge is 2.20. The van der Waals surface area contributed by atoms with Gasteiger partial charge in [-0.1, -0.05) is 151 Å². The van der Waals surface area contributed by atoms with Crippen LogP contribution in [0, 0.1) is 0 Å². The molecule has 0 atom stereocenters. The zero-order valence-corrected chi connectivity index (χ0v) is 22.4. The molecule has 1 nitrogen and oxygen atoms in total. The first-order chi connectivity index (χ1) is 26.8. The van der Waals surface area contributed by atoms with Gasteiger partial charge >= 0.3 is 0 Å². The van der Waals surface area contributed by atoms with Crippen LogP contribution in [0.25, 0.3) is 87.6 Å². The molecule has 0 spiro atoms. The summed E-state index contributed by atoms with van der Waals surface area (Å²) in [5.41, 5.74) is 2.65. The van der Waals surface area contributed by atoms with Crippen LogP contribution in [0.3, 0.4) is 0 Å². The van der Waals surface area contributed by atoms with Crippen LogP contribution in [0.1, 0.15) is 17.8 Å². The molecule has 9 aromatic rings. The van der Waals surface area contributed by atoms with Gasteiger partial charge in [0.2, 0.25) is 0 Å². The Kier molecular flexibility index (Phi) is 3.18. The third-order valence-electron chi connectivity index (χ3n) is 8.01. The lowest BCUT2D eigenvalue weighted by Crippen LogP contribution is -1.92. The molecule has 0 unspecified atom stereocenters. The number of fused-ring (bicyclic) bond motifs is 6. The van der Waals surface area contributed by atoms with E-state index in [1.807, 2.05) is 66.7 Å². The van der Waals surface area contributed by atoms with Crippen molar-refractivity contribution in [3.05, 3.63) is 157 Å². The molecule has 0 aliphatic rings. The van der Waals surface area contributed by atoms with E-state index in [1.165, 1.54) is 0 Å². The van der Waals surface area contributed by atoms with Crippen LogP contribution in [-0.4, -0.2) is 0 Å². The second-order valence-electron chi connectivity index (χ2n) is 10.2. The van der Waals surface area contributed by atoms with E-state index in [4.69, 9.17) is 16.8 Å². The SMILES string of the molecule is [2H]c1c([2H])c([2H])c(-c2c3c([2H])c([2H])c([2H])c([2H])c3c(-c3ccc(-c4cccc5c4oc4ccccc45)c4ccccc34)c3c([2H])c([2H])c([2H])c([2H])c23)c([2H])c1[2H]. The molecule has 9 rings (SSSR count). The average Bonchev–Trinajstić information content (AvgIpc) is 3.60. The number of rotatable bonds is 3.